The first kappa shape index (κ1) is 11.3. The molecule has 1 fully saturated rings. The van der Waals surface area contributed by atoms with Gasteiger partial charge in [0, 0.05) is 18.6 Å². The number of aromatic nitrogens is 2. The van der Waals surface area contributed by atoms with Crippen LogP contribution < -0.4 is 10.6 Å². The highest BCUT2D eigenvalue weighted by Crippen LogP contribution is 2.25. The summed E-state index contributed by atoms with van der Waals surface area (Å²) in [5.74, 6) is 0.182. The molecule has 1 aliphatic heterocycles. The van der Waals surface area contributed by atoms with Gasteiger partial charge in [-0.05, 0) is 26.2 Å². The zero-order valence-corrected chi connectivity index (χ0v) is 9.43. The third kappa shape index (κ3) is 2.14. The van der Waals surface area contributed by atoms with Gasteiger partial charge < -0.3 is 10.6 Å². The van der Waals surface area contributed by atoms with Crippen LogP contribution in [-0.2, 0) is 0 Å². The molecule has 1 saturated heterocycles. The minimum Gasteiger partial charge on any atom is -0.334 e. The van der Waals surface area contributed by atoms with Gasteiger partial charge in [0.15, 0.2) is 5.82 Å². The Morgan fingerprint density at radius 1 is 1.44 bits per heavy atom. The number of nitrogens with zero attached hydrogens (tertiary/aromatic N) is 3. The quantitative estimate of drug-likeness (QED) is 0.823. The molecule has 16 heavy (non-hydrogen) atoms. The van der Waals surface area contributed by atoms with E-state index in [1.165, 1.54) is 18.8 Å². The third-order valence-electron chi connectivity index (χ3n) is 3.14. The number of nitrogens with two attached hydrogens (primary N) is 1. The molecule has 0 aromatic carbocycles. The van der Waals surface area contributed by atoms with Crippen LogP contribution in [0, 0.1) is 5.82 Å². The fourth-order valence-corrected chi connectivity index (χ4v) is 2.32. The maximum Gasteiger partial charge on any atom is 0.225 e. The van der Waals surface area contributed by atoms with Crippen molar-refractivity contribution >= 4 is 5.95 Å². The lowest BCUT2D eigenvalue weighted by molar-refractivity contribution is 0.393. The van der Waals surface area contributed by atoms with Crippen LogP contribution in [-0.4, -0.2) is 28.6 Å². The molecule has 0 saturated carbocycles. The first-order valence-corrected chi connectivity index (χ1v) is 5.68. The number of hydrogen-bond donors (Lipinski definition) is 1. The molecule has 2 rings (SSSR count). The van der Waals surface area contributed by atoms with E-state index in [2.05, 4.69) is 21.8 Å². The molecule has 1 aliphatic rings. The molecule has 1 aromatic heterocycles. The minimum absolute atomic E-state index is 0.272. The summed E-state index contributed by atoms with van der Waals surface area (Å²) in [5.41, 5.74) is 5.75. The fraction of sp³-hybridized carbons (Fsp3) is 0.636. The Labute approximate surface area is 94.7 Å². The summed E-state index contributed by atoms with van der Waals surface area (Å²) < 4.78 is 12.8. The van der Waals surface area contributed by atoms with E-state index in [-0.39, 0.29) is 6.04 Å². The number of halogens is 1. The molecular weight excluding hydrogens is 207 g/mol. The van der Waals surface area contributed by atoms with Gasteiger partial charge in [-0.1, -0.05) is 0 Å². The van der Waals surface area contributed by atoms with E-state index in [1.54, 1.807) is 0 Å². The third-order valence-corrected chi connectivity index (χ3v) is 3.14. The molecule has 88 valence electrons. The maximum absolute atomic E-state index is 12.8. The summed E-state index contributed by atoms with van der Waals surface area (Å²) in [4.78, 5) is 10.2. The van der Waals surface area contributed by atoms with Gasteiger partial charge in [0.2, 0.25) is 5.95 Å². The predicted octanol–water partition coefficient (Wildman–Crippen LogP) is 1.32. The highest BCUT2D eigenvalue weighted by atomic mass is 19.1. The van der Waals surface area contributed by atoms with E-state index in [9.17, 15) is 4.39 Å². The zero-order chi connectivity index (χ0) is 11.5. The lowest BCUT2D eigenvalue weighted by atomic mass is 9.97. The summed E-state index contributed by atoms with van der Waals surface area (Å²) in [6.45, 7) is 2.72. The van der Waals surface area contributed by atoms with Crippen molar-refractivity contribution in [2.75, 3.05) is 11.4 Å². The van der Waals surface area contributed by atoms with Crippen molar-refractivity contribution < 1.29 is 4.39 Å². The Morgan fingerprint density at radius 2 is 2.12 bits per heavy atom. The molecule has 5 heteroatoms. The van der Waals surface area contributed by atoms with E-state index >= 15 is 0 Å². The molecular formula is C11H17FN4. The second kappa shape index (κ2) is 4.74. The van der Waals surface area contributed by atoms with Crippen molar-refractivity contribution in [3.8, 4) is 0 Å². The smallest absolute Gasteiger partial charge is 0.225 e. The van der Waals surface area contributed by atoms with Gasteiger partial charge in [-0.3, -0.25) is 0 Å². The Hall–Kier alpha value is -1.23. The number of rotatable bonds is 2. The summed E-state index contributed by atoms with van der Waals surface area (Å²) in [5, 5.41) is 0. The van der Waals surface area contributed by atoms with Gasteiger partial charge >= 0.3 is 0 Å². The highest BCUT2D eigenvalue weighted by Gasteiger charge is 2.28. The SMILES string of the molecule is CC1CCCC(CN)N1c1ncc(F)cn1. The molecule has 2 heterocycles. The molecule has 0 spiro atoms. The normalized spacial score (nSPS) is 25.8. The van der Waals surface area contributed by atoms with E-state index in [1.807, 2.05) is 0 Å². The lowest BCUT2D eigenvalue weighted by Crippen LogP contribution is -2.49. The topological polar surface area (TPSA) is 55.0 Å². The summed E-state index contributed by atoms with van der Waals surface area (Å²) in [6, 6.07) is 0.641. The average Bonchev–Trinajstić information content (AvgIpc) is 2.30. The molecule has 2 atom stereocenters. The maximum atomic E-state index is 12.8. The van der Waals surface area contributed by atoms with Gasteiger partial charge in [0.05, 0.1) is 12.4 Å². The molecule has 0 amide bonds. The zero-order valence-electron chi connectivity index (χ0n) is 9.43. The lowest BCUT2D eigenvalue weighted by Gasteiger charge is -2.40. The molecule has 2 unspecified atom stereocenters. The Kier molecular flexibility index (Phi) is 3.33. The van der Waals surface area contributed by atoms with E-state index < -0.39 is 5.82 Å². The predicted molar refractivity (Wildman–Crippen MR) is 60.6 cm³/mol. The number of hydrogen-bond acceptors (Lipinski definition) is 4. The van der Waals surface area contributed by atoms with Gasteiger partial charge in [0.25, 0.3) is 0 Å². The van der Waals surface area contributed by atoms with Crippen molar-refractivity contribution in [3.63, 3.8) is 0 Å². The number of anilines is 1. The van der Waals surface area contributed by atoms with Crippen LogP contribution in [0.5, 0.6) is 0 Å². The van der Waals surface area contributed by atoms with Crippen molar-refractivity contribution in [1.29, 1.82) is 0 Å². The minimum atomic E-state index is -0.405. The number of piperidine rings is 1. The molecule has 1 aromatic rings. The average molecular weight is 224 g/mol. The van der Waals surface area contributed by atoms with Crippen LogP contribution in [0.3, 0.4) is 0 Å². The Bertz CT molecular complexity index is 340. The first-order valence-electron chi connectivity index (χ1n) is 5.68. The first-order chi connectivity index (χ1) is 7.72. The standard InChI is InChI=1S/C11H17FN4/c1-8-3-2-4-10(5-13)16(8)11-14-6-9(12)7-15-11/h6-8,10H,2-5,13H2,1H3. The van der Waals surface area contributed by atoms with Crippen molar-refractivity contribution in [2.24, 2.45) is 5.73 Å². The Morgan fingerprint density at radius 3 is 2.75 bits per heavy atom. The van der Waals surface area contributed by atoms with Crippen LogP contribution in [0.25, 0.3) is 0 Å². The second-order valence-electron chi connectivity index (χ2n) is 4.28. The molecule has 2 N–H and O–H groups in total. The van der Waals surface area contributed by atoms with Crippen LogP contribution in [0.4, 0.5) is 10.3 Å². The monoisotopic (exact) mass is 224 g/mol. The van der Waals surface area contributed by atoms with Crippen molar-refractivity contribution in [3.05, 3.63) is 18.2 Å². The van der Waals surface area contributed by atoms with E-state index in [0.29, 0.717) is 18.5 Å². The van der Waals surface area contributed by atoms with Crippen molar-refractivity contribution in [1.82, 2.24) is 9.97 Å². The van der Waals surface area contributed by atoms with Crippen LogP contribution in [0.15, 0.2) is 12.4 Å². The van der Waals surface area contributed by atoms with Gasteiger partial charge in [-0.15, -0.1) is 0 Å². The summed E-state index contributed by atoms with van der Waals surface area (Å²) in [6.07, 6.45) is 5.76. The fourth-order valence-electron chi connectivity index (χ4n) is 2.32. The van der Waals surface area contributed by atoms with Gasteiger partial charge in [-0.25, -0.2) is 14.4 Å². The second-order valence-corrected chi connectivity index (χ2v) is 4.28. The van der Waals surface area contributed by atoms with Gasteiger partial charge in [0.1, 0.15) is 0 Å². The van der Waals surface area contributed by atoms with E-state index in [4.69, 9.17) is 5.73 Å². The highest BCUT2D eigenvalue weighted by molar-refractivity contribution is 5.33. The molecule has 0 radical (unpaired) electrons. The van der Waals surface area contributed by atoms with Gasteiger partial charge in [-0.2, -0.15) is 0 Å². The molecule has 0 aliphatic carbocycles. The summed E-state index contributed by atoms with van der Waals surface area (Å²) in [7, 11) is 0. The Balaban J connectivity index is 2.24. The van der Waals surface area contributed by atoms with Crippen LogP contribution in [0.2, 0.25) is 0 Å². The van der Waals surface area contributed by atoms with Crippen LogP contribution in [0.1, 0.15) is 26.2 Å². The van der Waals surface area contributed by atoms with Crippen LogP contribution >= 0.6 is 0 Å². The largest absolute Gasteiger partial charge is 0.334 e. The molecule has 0 bridgehead atoms. The van der Waals surface area contributed by atoms with E-state index in [0.717, 1.165) is 12.8 Å². The molecule has 4 nitrogen and oxygen atoms in total. The van der Waals surface area contributed by atoms with Crippen molar-refractivity contribution in [2.45, 2.75) is 38.3 Å². The summed E-state index contributed by atoms with van der Waals surface area (Å²) >= 11 is 0.